The minimum Gasteiger partial charge on any atom is -0.369 e. The van der Waals surface area contributed by atoms with Crippen LogP contribution in [-0.4, -0.2) is 11.2 Å². The third-order valence-electron chi connectivity index (χ3n) is 2.67. The Labute approximate surface area is 111 Å². The lowest BCUT2D eigenvalue weighted by molar-refractivity contribution is -0.117. The zero-order valence-electron chi connectivity index (χ0n) is 10.2. The number of carbonyl (C=O) groups excluding carboxylic acids is 1. The van der Waals surface area contributed by atoms with Gasteiger partial charge >= 0.3 is 0 Å². The smallest absolute Gasteiger partial charge is 0.230 e. The Kier molecular flexibility index (Phi) is 4.05. The molecule has 0 fully saturated rings. The Morgan fingerprint density at radius 3 is 2.11 bits per heavy atom. The Morgan fingerprint density at radius 2 is 1.56 bits per heavy atom. The van der Waals surface area contributed by atoms with Gasteiger partial charge in [-0.15, -0.1) is 11.8 Å². The summed E-state index contributed by atoms with van der Waals surface area (Å²) in [5.74, 6) is -0.285. The van der Waals surface area contributed by atoms with Crippen LogP contribution in [0, 0.1) is 0 Å². The highest BCUT2D eigenvalue weighted by Gasteiger charge is 2.09. The fourth-order valence-corrected chi connectivity index (χ4v) is 2.44. The number of rotatable bonds is 4. The predicted octanol–water partition coefficient (Wildman–Crippen LogP) is 3.32. The molecule has 1 atom stereocenters. The molecular formula is C15H15NOS. The van der Waals surface area contributed by atoms with Crippen molar-refractivity contribution in [3.63, 3.8) is 0 Å². The Morgan fingerprint density at radius 1 is 1.00 bits per heavy atom. The van der Waals surface area contributed by atoms with Gasteiger partial charge in [-0.2, -0.15) is 0 Å². The Balaban J connectivity index is 2.13. The van der Waals surface area contributed by atoms with Gasteiger partial charge in [0.25, 0.3) is 0 Å². The van der Waals surface area contributed by atoms with Crippen molar-refractivity contribution in [2.75, 3.05) is 0 Å². The summed E-state index contributed by atoms with van der Waals surface area (Å²) in [5.41, 5.74) is 7.61. The highest BCUT2D eigenvalue weighted by Crippen LogP contribution is 2.26. The first kappa shape index (κ1) is 12.7. The number of hydrogen-bond donors (Lipinski definition) is 1. The maximum Gasteiger partial charge on any atom is 0.230 e. The molecule has 3 heteroatoms. The summed E-state index contributed by atoms with van der Waals surface area (Å²) < 4.78 is 0. The second-order valence-electron chi connectivity index (χ2n) is 4.05. The molecule has 0 aliphatic carbocycles. The van der Waals surface area contributed by atoms with E-state index in [1.54, 1.807) is 0 Å². The van der Waals surface area contributed by atoms with Crippen LogP contribution in [0.1, 0.15) is 6.92 Å². The molecule has 0 saturated heterocycles. The van der Waals surface area contributed by atoms with Crippen molar-refractivity contribution in [2.45, 2.75) is 17.1 Å². The zero-order valence-corrected chi connectivity index (χ0v) is 11.0. The number of benzene rings is 2. The SMILES string of the molecule is CC(Sc1ccc(-c2ccccc2)cc1)C(N)=O. The van der Waals surface area contributed by atoms with Gasteiger partial charge in [0.15, 0.2) is 0 Å². The van der Waals surface area contributed by atoms with Gasteiger partial charge in [-0.25, -0.2) is 0 Å². The van der Waals surface area contributed by atoms with E-state index in [0.29, 0.717) is 0 Å². The summed E-state index contributed by atoms with van der Waals surface area (Å²) in [7, 11) is 0. The van der Waals surface area contributed by atoms with Gasteiger partial charge in [-0.05, 0) is 30.2 Å². The fraction of sp³-hybridized carbons (Fsp3) is 0.133. The van der Waals surface area contributed by atoms with Crippen LogP contribution in [0.2, 0.25) is 0 Å². The van der Waals surface area contributed by atoms with Gasteiger partial charge in [0.1, 0.15) is 0 Å². The second kappa shape index (κ2) is 5.74. The molecular weight excluding hydrogens is 242 g/mol. The monoisotopic (exact) mass is 257 g/mol. The van der Waals surface area contributed by atoms with E-state index >= 15 is 0 Å². The number of thioether (sulfide) groups is 1. The van der Waals surface area contributed by atoms with Crippen LogP contribution in [0.5, 0.6) is 0 Å². The molecule has 18 heavy (non-hydrogen) atoms. The van der Waals surface area contributed by atoms with Gasteiger partial charge in [0.05, 0.1) is 5.25 Å². The largest absolute Gasteiger partial charge is 0.369 e. The normalized spacial score (nSPS) is 12.1. The van der Waals surface area contributed by atoms with Gasteiger partial charge in [0.2, 0.25) is 5.91 Å². The van der Waals surface area contributed by atoms with Crippen LogP contribution < -0.4 is 5.73 Å². The van der Waals surface area contributed by atoms with Crippen LogP contribution in [0.25, 0.3) is 11.1 Å². The quantitative estimate of drug-likeness (QED) is 0.854. The summed E-state index contributed by atoms with van der Waals surface area (Å²) in [6.07, 6.45) is 0. The lowest BCUT2D eigenvalue weighted by atomic mass is 10.1. The van der Waals surface area contributed by atoms with Crippen LogP contribution >= 0.6 is 11.8 Å². The van der Waals surface area contributed by atoms with Crippen molar-refractivity contribution in [2.24, 2.45) is 5.73 Å². The minimum atomic E-state index is -0.285. The Bertz CT molecular complexity index is 522. The molecule has 2 rings (SSSR count). The predicted molar refractivity (Wildman–Crippen MR) is 76.4 cm³/mol. The van der Waals surface area contributed by atoms with Crippen molar-refractivity contribution >= 4 is 17.7 Å². The van der Waals surface area contributed by atoms with E-state index in [0.717, 1.165) is 4.90 Å². The number of carbonyl (C=O) groups is 1. The molecule has 92 valence electrons. The summed E-state index contributed by atoms with van der Waals surface area (Å²) >= 11 is 1.48. The zero-order chi connectivity index (χ0) is 13.0. The van der Waals surface area contributed by atoms with E-state index < -0.39 is 0 Å². The maximum absolute atomic E-state index is 11.0. The van der Waals surface area contributed by atoms with Crippen LogP contribution in [0.4, 0.5) is 0 Å². The molecule has 1 unspecified atom stereocenters. The molecule has 0 spiro atoms. The van der Waals surface area contributed by atoms with Crippen molar-refractivity contribution in [1.82, 2.24) is 0 Å². The van der Waals surface area contributed by atoms with E-state index in [1.165, 1.54) is 22.9 Å². The molecule has 0 radical (unpaired) electrons. The number of amides is 1. The molecule has 2 aromatic rings. The number of nitrogens with two attached hydrogens (primary N) is 1. The highest BCUT2D eigenvalue weighted by molar-refractivity contribution is 8.00. The van der Waals surface area contributed by atoms with E-state index in [4.69, 9.17) is 5.73 Å². The summed E-state index contributed by atoms with van der Waals surface area (Å²) in [4.78, 5) is 12.0. The first-order chi connectivity index (χ1) is 8.66. The molecule has 0 aromatic heterocycles. The maximum atomic E-state index is 11.0. The third kappa shape index (κ3) is 3.14. The van der Waals surface area contributed by atoms with Crippen molar-refractivity contribution in [3.05, 3.63) is 54.6 Å². The average molecular weight is 257 g/mol. The van der Waals surface area contributed by atoms with Crippen molar-refractivity contribution in [1.29, 1.82) is 0 Å². The van der Waals surface area contributed by atoms with E-state index in [1.807, 2.05) is 37.3 Å². The van der Waals surface area contributed by atoms with Crippen molar-refractivity contribution < 1.29 is 4.79 Å². The van der Waals surface area contributed by atoms with Crippen LogP contribution in [-0.2, 0) is 4.79 Å². The molecule has 1 amide bonds. The van der Waals surface area contributed by atoms with Crippen LogP contribution in [0.3, 0.4) is 0 Å². The lowest BCUT2D eigenvalue weighted by Gasteiger charge is -2.07. The molecule has 0 bridgehead atoms. The third-order valence-corrected chi connectivity index (χ3v) is 3.81. The molecule has 2 nitrogen and oxygen atoms in total. The summed E-state index contributed by atoms with van der Waals surface area (Å²) in [6, 6.07) is 18.4. The first-order valence-corrected chi connectivity index (χ1v) is 6.66. The minimum absolute atomic E-state index is 0.201. The second-order valence-corrected chi connectivity index (χ2v) is 5.47. The molecule has 2 N–H and O–H groups in total. The summed E-state index contributed by atoms with van der Waals surface area (Å²) in [5, 5.41) is -0.201. The molecule has 2 aromatic carbocycles. The number of primary amides is 1. The lowest BCUT2D eigenvalue weighted by Crippen LogP contribution is -2.22. The van der Waals surface area contributed by atoms with Crippen LogP contribution in [0.15, 0.2) is 59.5 Å². The standard InChI is InChI=1S/C15H15NOS/c1-11(15(16)17)18-14-9-7-13(8-10-14)12-5-3-2-4-6-12/h2-11H,1H3,(H2,16,17). The summed E-state index contributed by atoms with van der Waals surface area (Å²) in [6.45, 7) is 1.82. The van der Waals surface area contributed by atoms with Gasteiger partial charge in [0, 0.05) is 4.90 Å². The Hall–Kier alpha value is -1.74. The average Bonchev–Trinajstić information content (AvgIpc) is 2.40. The molecule has 0 aliphatic rings. The fourth-order valence-electron chi connectivity index (χ4n) is 1.62. The van der Waals surface area contributed by atoms with Gasteiger partial charge < -0.3 is 5.73 Å². The molecule has 0 aliphatic heterocycles. The van der Waals surface area contributed by atoms with Gasteiger partial charge in [-0.1, -0.05) is 42.5 Å². The van der Waals surface area contributed by atoms with E-state index in [-0.39, 0.29) is 11.2 Å². The first-order valence-electron chi connectivity index (χ1n) is 5.78. The molecule has 0 saturated carbocycles. The van der Waals surface area contributed by atoms with Crippen molar-refractivity contribution in [3.8, 4) is 11.1 Å². The number of hydrogen-bond acceptors (Lipinski definition) is 2. The highest BCUT2D eigenvalue weighted by atomic mass is 32.2. The van der Waals surface area contributed by atoms with E-state index in [9.17, 15) is 4.79 Å². The van der Waals surface area contributed by atoms with E-state index in [2.05, 4.69) is 24.3 Å². The molecule has 0 heterocycles. The topological polar surface area (TPSA) is 43.1 Å². The van der Waals surface area contributed by atoms with Gasteiger partial charge in [-0.3, -0.25) is 4.79 Å².